The van der Waals surface area contributed by atoms with Crippen LogP contribution in [0.25, 0.3) is 0 Å². The molecule has 1 aromatic carbocycles. The van der Waals surface area contributed by atoms with Gasteiger partial charge in [-0.15, -0.1) is 0 Å². The van der Waals surface area contributed by atoms with E-state index in [9.17, 15) is 4.79 Å². The highest BCUT2D eigenvalue weighted by Gasteiger charge is 2.23. The molecule has 0 aliphatic heterocycles. The third-order valence-corrected chi connectivity index (χ3v) is 3.76. The second kappa shape index (κ2) is 7.67. The van der Waals surface area contributed by atoms with Gasteiger partial charge in [-0.25, -0.2) is 0 Å². The highest BCUT2D eigenvalue weighted by molar-refractivity contribution is 5.95. The number of aryl methyl sites for hydroxylation is 1. The Kier molecular flexibility index (Phi) is 5.84. The van der Waals surface area contributed by atoms with Gasteiger partial charge in [0.1, 0.15) is 11.5 Å². The Hall–Kier alpha value is -2.07. The Balaban J connectivity index is 1.86. The Morgan fingerprint density at radius 1 is 1.25 bits per heavy atom. The number of amides is 1. The van der Waals surface area contributed by atoms with Gasteiger partial charge in [0, 0.05) is 11.5 Å². The first kappa shape index (κ1) is 18.3. The van der Waals surface area contributed by atoms with Crippen LogP contribution in [0.4, 0.5) is 0 Å². The highest BCUT2D eigenvalue weighted by atomic mass is 16.5. The summed E-state index contributed by atoms with van der Waals surface area (Å²) >= 11 is 0. The van der Waals surface area contributed by atoms with Crippen LogP contribution in [0.1, 0.15) is 55.1 Å². The monoisotopic (exact) mass is 329 g/mol. The maximum absolute atomic E-state index is 12.4. The van der Waals surface area contributed by atoms with Crippen LogP contribution in [0.3, 0.4) is 0 Å². The van der Waals surface area contributed by atoms with E-state index in [0.717, 1.165) is 11.3 Å². The first-order chi connectivity index (χ1) is 11.3. The van der Waals surface area contributed by atoms with Gasteiger partial charge in [-0.2, -0.15) is 0 Å². The molecule has 1 aromatic heterocycles. The molecule has 0 fully saturated rings. The SMILES string of the molecule is Cc1oc(C(C)(C)C)cc1C(=O)NC(C)COCc1ccccc1. The van der Waals surface area contributed by atoms with Gasteiger partial charge in [-0.3, -0.25) is 4.79 Å². The van der Waals surface area contributed by atoms with Gasteiger partial charge < -0.3 is 14.5 Å². The zero-order valence-corrected chi connectivity index (χ0v) is 15.2. The summed E-state index contributed by atoms with van der Waals surface area (Å²) < 4.78 is 11.4. The summed E-state index contributed by atoms with van der Waals surface area (Å²) in [6.07, 6.45) is 0. The van der Waals surface area contributed by atoms with Crippen LogP contribution in [0.5, 0.6) is 0 Å². The van der Waals surface area contributed by atoms with Crippen molar-refractivity contribution in [3.8, 4) is 0 Å². The molecule has 2 aromatic rings. The third kappa shape index (κ3) is 4.96. The lowest BCUT2D eigenvalue weighted by atomic mass is 9.93. The van der Waals surface area contributed by atoms with Crippen molar-refractivity contribution in [3.63, 3.8) is 0 Å². The fourth-order valence-corrected chi connectivity index (χ4v) is 2.35. The van der Waals surface area contributed by atoms with E-state index in [0.29, 0.717) is 24.5 Å². The fourth-order valence-electron chi connectivity index (χ4n) is 2.35. The van der Waals surface area contributed by atoms with E-state index >= 15 is 0 Å². The van der Waals surface area contributed by atoms with Crippen molar-refractivity contribution in [2.24, 2.45) is 0 Å². The summed E-state index contributed by atoms with van der Waals surface area (Å²) in [6.45, 7) is 10.9. The van der Waals surface area contributed by atoms with Gasteiger partial charge in [-0.05, 0) is 25.5 Å². The zero-order valence-electron chi connectivity index (χ0n) is 15.2. The average molecular weight is 329 g/mol. The molecule has 0 saturated heterocycles. The molecule has 4 nitrogen and oxygen atoms in total. The Morgan fingerprint density at radius 2 is 1.92 bits per heavy atom. The lowest BCUT2D eigenvalue weighted by Crippen LogP contribution is -2.36. The van der Waals surface area contributed by atoms with Gasteiger partial charge in [0.05, 0.1) is 18.8 Å². The summed E-state index contributed by atoms with van der Waals surface area (Å²) in [5.74, 6) is 1.34. The van der Waals surface area contributed by atoms with E-state index in [-0.39, 0.29) is 17.4 Å². The van der Waals surface area contributed by atoms with E-state index in [4.69, 9.17) is 9.15 Å². The number of furan rings is 1. The van der Waals surface area contributed by atoms with E-state index in [1.54, 1.807) is 0 Å². The van der Waals surface area contributed by atoms with Gasteiger partial charge in [0.2, 0.25) is 0 Å². The quantitative estimate of drug-likeness (QED) is 0.863. The minimum Gasteiger partial charge on any atom is -0.465 e. The molecule has 1 heterocycles. The van der Waals surface area contributed by atoms with Crippen LogP contribution in [0, 0.1) is 6.92 Å². The van der Waals surface area contributed by atoms with Crippen LogP contribution in [0.2, 0.25) is 0 Å². The van der Waals surface area contributed by atoms with Crippen LogP contribution < -0.4 is 5.32 Å². The molecule has 1 N–H and O–H groups in total. The van der Waals surface area contributed by atoms with Crippen LogP contribution >= 0.6 is 0 Å². The zero-order chi connectivity index (χ0) is 17.7. The molecular weight excluding hydrogens is 302 g/mol. The van der Waals surface area contributed by atoms with Crippen LogP contribution in [-0.2, 0) is 16.8 Å². The molecule has 0 aliphatic carbocycles. The number of nitrogens with one attached hydrogen (secondary N) is 1. The number of rotatable bonds is 6. The molecule has 24 heavy (non-hydrogen) atoms. The lowest BCUT2D eigenvalue weighted by Gasteiger charge is -2.14. The molecule has 1 amide bonds. The van der Waals surface area contributed by atoms with Gasteiger partial charge >= 0.3 is 0 Å². The molecule has 2 rings (SSSR count). The summed E-state index contributed by atoms with van der Waals surface area (Å²) in [7, 11) is 0. The normalized spacial score (nSPS) is 12.9. The Morgan fingerprint density at radius 3 is 2.50 bits per heavy atom. The smallest absolute Gasteiger partial charge is 0.255 e. The maximum atomic E-state index is 12.4. The Labute approximate surface area is 144 Å². The predicted molar refractivity (Wildman–Crippen MR) is 95.2 cm³/mol. The molecule has 0 aliphatic rings. The molecule has 0 radical (unpaired) electrons. The van der Waals surface area contributed by atoms with E-state index in [2.05, 4.69) is 26.1 Å². The summed E-state index contributed by atoms with van der Waals surface area (Å²) in [5, 5.41) is 2.96. The van der Waals surface area contributed by atoms with E-state index in [1.165, 1.54) is 0 Å². The van der Waals surface area contributed by atoms with Gasteiger partial charge in [0.25, 0.3) is 5.91 Å². The molecule has 130 valence electrons. The van der Waals surface area contributed by atoms with Crippen molar-refractivity contribution in [2.75, 3.05) is 6.61 Å². The standard InChI is InChI=1S/C20H27NO3/c1-14(12-23-13-16-9-7-6-8-10-16)21-19(22)17-11-18(20(3,4)5)24-15(17)2/h6-11,14H,12-13H2,1-5H3,(H,21,22). The molecule has 0 saturated carbocycles. The first-order valence-electron chi connectivity index (χ1n) is 8.31. The number of benzene rings is 1. The topological polar surface area (TPSA) is 51.5 Å². The van der Waals surface area contributed by atoms with Gasteiger partial charge in [-0.1, -0.05) is 51.1 Å². The second-order valence-corrected chi connectivity index (χ2v) is 7.21. The number of carbonyl (C=O) groups is 1. The number of hydrogen-bond donors (Lipinski definition) is 1. The molecule has 0 spiro atoms. The molecule has 1 unspecified atom stereocenters. The number of carbonyl (C=O) groups excluding carboxylic acids is 1. The highest BCUT2D eigenvalue weighted by Crippen LogP contribution is 2.26. The van der Waals surface area contributed by atoms with Crippen molar-refractivity contribution in [1.82, 2.24) is 5.32 Å². The number of ether oxygens (including phenoxy) is 1. The van der Waals surface area contributed by atoms with Crippen LogP contribution in [0.15, 0.2) is 40.8 Å². The molecular formula is C20H27NO3. The van der Waals surface area contributed by atoms with Crippen molar-refractivity contribution < 1.29 is 13.9 Å². The van der Waals surface area contributed by atoms with Crippen LogP contribution in [-0.4, -0.2) is 18.6 Å². The van der Waals surface area contributed by atoms with Crippen molar-refractivity contribution in [2.45, 2.75) is 52.7 Å². The molecule has 1 atom stereocenters. The summed E-state index contributed by atoms with van der Waals surface area (Å²) in [5.41, 5.74) is 1.60. The lowest BCUT2D eigenvalue weighted by molar-refractivity contribution is 0.0819. The van der Waals surface area contributed by atoms with Crippen molar-refractivity contribution >= 4 is 5.91 Å². The third-order valence-electron chi connectivity index (χ3n) is 3.76. The Bertz CT molecular complexity index is 668. The number of hydrogen-bond acceptors (Lipinski definition) is 3. The first-order valence-corrected chi connectivity index (χ1v) is 8.31. The van der Waals surface area contributed by atoms with E-state index in [1.807, 2.05) is 50.2 Å². The maximum Gasteiger partial charge on any atom is 0.255 e. The fraction of sp³-hybridized carbons (Fsp3) is 0.450. The summed E-state index contributed by atoms with van der Waals surface area (Å²) in [4.78, 5) is 12.4. The van der Waals surface area contributed by atoms with Crippen molar-refractivity contribution in [1.29, 1.82) is 0 Å². The average Bonchev–Trinajstić information content (AvgIpc) is 2.90. The van der Waals surface area contributed by atoms with Gasteiger partial charge in [0.15, 0.2) is 0 Å². The predicted octanol–water partition coefficient (Wildman–Crippen LogP) is 4.22. The minimum absolute atomic E-state index is 0.0754. The summed E-state index contributed by atoms with van der Waals surface area (Å²) in [6, 6.07) is 11.7. The molecule has 0 bridgehead atoms. The van der Waals surface area contributed by atoms with E-state index < -0.39 is 0 Å². The van der Waals surface area contributed by atoms with Crippen molar-refractivity contribution in [3.05, 3.63) is 59.0 Å². The second-order valence-electron chi connectivity index (χ2n) is 7.21. The largest absolute Gasteiger partial charge is 0.465 e. The minimum atomic E-state index is -0.123. The molecule has 4 heteroatoms.